The fourth-order valence-corrected chi connectivity index (χ4v) is 2.87. The van der Waals surface area contributed by atoms with Gasteiger partial charge in [-0.3, -0.25) is 5.10 Å². The molecule has 1 heterocycles. The van der Waals surface area contributed by atoms with Gasteiger partial charge in [0.25, 0.3) is 0 Å². The zero-order chi connectivity index (χ0) is 10.5. The van der Waals surface area contributed by atoms with Gasteiger partial charge >= 0.3 is 0 Å². The molecule has 2 aliphatic carbocycles. The van der Waals surface area contributed by atoms with Crippen LogP contribution < -0.4 is 0 Å². The van der Waals surface area contributed by atoms with Gasteiger partial charge in [-0.15, -0.1) is 0 Å². The van der Waals surface area contributed by atoms with Crippen LogP contribution in [0.2, 0.25) is 0 Å². The number of hydrogen-bond donors (Lipinski definition) is 1. The quantitative estimate of drug-likeness (QED) is 0.796. The summed E-state index contributed by atoms with van der Waals surface area (Å²) < 4.78 is 3.03. The summed E-state index contributed by atoms with van der Waals surface area (Å²) in [5.41, 5.74) is 0.603. The number of aromatic amines is 1. The van der Waals surface area contributed by atoms with Crippen molar-refractivity contribution in [3.05, 3.63) is 10.6 Å². The van der Waals surface area contributed by atoms with Crippen LogP contribution in [0.25, 0.3) is 0 Å². The number of rotatable bonds is 4. The van der Waals surface area contributed by atoms with Crippen LogP contribution in [0.5, 0.6) is 0 Å². The third-order valence-corrected chi connectivity index (χ3v) is 4.27. The van der Waals surface area contributed by atoms with Crippen LogP contribution in [0.4, 0.5) is 0 Å². The van der Waals surface area contributed by atoms with E-state index in [2.05, 4.69) is 21.7 Å². The van der Waals surface area contributed by atoms with Gasteiger partial charge in [-0.05, 0) is 49.2 Å². The Bertz CT molecular complexity index is 423. The van der Waals surface area contributed by atoms with E-state index in [1.165, 1.54) is 25.7 Å². The number of aryl methyl sites for hydroxylation is 1. The lowest BCUT2D eigenvalue weighted by molar-refractivity contribution is 0.362. The molecule has 0 atom stereocenters. The highest BCUT2D eigenvalue weighted by Crippen LogP contribution is 2.62. The molecule has 0 spiro atoms. The van der Waals surface area contributed by atoms with Crippen molar-refractivity contribution in [1.29, 1.82) is 0 Å². The molecule has 0 unspecified atom stereocenters. The zero-order valence-electron chi connectivity index (χ0n) is 9.12. The molecule has 82 valence electrons. The largest absolute Gasteiger partial charge is 0.304 e. The first-order valence-corrected chi connectivity index (χ1v) is 6.30. The second-order valence-corrected chi connectivity index (χ2v) is 5.41. The van der Waals surface area contributed by atoms with E-state index in [4.69, 9.17) is 12.2 Å². The average molecular weight is 223 g/mol. The third kappa shape index (κ3) is 1.55. The summed E-state index contributed by atoms with van der Waals surface area (Å²) in [6.45, 7) is 3.24. The van der Waals surface area contributed by atoms with E-state index in [1.807, 2.05) is 0 Å². The topological polar surface area (TPSA) is 33.6 Å². The Labute approximate surface area is 94.9 Å². The summed E-state index contributed by atoms with van der Waals surface area (Å²) in [6, 6.07) is 0. The molecular weight excluding hydrogens is 206 g/mol. The lowest BCUT2D eigenvalue weighted by atomic mass is 10.0. The van der Waals surface area contributed by atoms with Gasteiger partial charge in [-0.25, -0.2) is 0 Å². The maximum atomic E-state index is 5.29. The van der Waals surface area contributed by atoms with E-state index in [9.17, 15) is 0 Å². The number of H-pyrrole nitrogens is 1. The van der Waals surface area contributed by atoms with Crippen molar-refractivity contribution in [2.45, 2.75) is 45.6 Å². The van der Waals surface area contributed by atoms with Crippen molar-refractivity contribution in [2.75, 3.05) is 0 Å². The second kappa shape index (κ2) is 3.17. The smallest absolute Gasteiger partial charge is 0.195 e. The Hall–Kier alpha value is -0.640. The lowest BCUT2D eigenvalue weighted by Crippen LogP contribution is -2.16. The minimum atomic E-state index is 0.603. The molecule has 2 aliphatic rings. The number of hydrogen-bond acceptors (Lipinski definition) is 2. The Morgan fingerprint density at radius 1 is 1.53 bits per heavy atom. The van der Waals surface area contributed by atoms with Gasteiger partial charge in [0, 0.05) is 13.0 Å². The molecule has 3 nitrogen and oxygen atoms in total. The van der Waals surface area contributed by atoms with Crippen molar-refractivity contribution < 1.29 is 0 Å². The summed E-state index contributed by atoms with van der Waals surface area (Å²) >= 11 is 5.29. The molecule has 3 rings (SSSR count). The first-order chi connectivity index (χ1) is 7.25. The predicted octanol–water partition coefficient (Wildman–Crippen LogP) is 2.69. The molecule has 2 saturated carbocycles. The Morgan fingerprint density at radius 2 is 2.27 bits per heavy atom. The molecule has 0 saturated heterocycles. The Balaban J connectivity index is 1.86. The third-order valence-electron chi connectivity index (χ3n) is 3.96. The van der Waals surface area contributed by atoms with Crippen molar-refractivity contribution in [3.63, 3.8) is 0 Å². The summed E-state index contributed by atoms with van der Waals surface area (Å²) in [4.78, 5) is 0. The molecule has 1 aromatic heterocycles. The lowest BCUT2D eigenvalue weighted by Gasteiger charge is -2.15. The van der Waals surface area contributed by atoms with Crippen LogP contribution in [0.15, 0.2) is 0 Å². The van der Waals surface area contributed by atoms with E-state index < -0.39 is 0 Å². The van der Waals surface area contributed by atoms with E-state index in [-0.39, 0.29) is 0 Å². The first kappa shape index (κ1) is 9.58. The van der Waals surface area contributed by atoms with Crippen LogP contribution in [0, 0.1) is 16.1 Å². The Kier molecular flexibility index (Phi) is 2.03. The summed E-state index contributed by atoms with van der Waals surface area (Å²) in [7, 11) is 0. The van der Waals surface area contributed by atoms with E-state index in [0.29, 0.717) is 5.41 Å². The number of nitrogens with zero attached hydrogens (tertiary/aromatic N) is 2. The van der Waals surface area contributed by atoms with Crippen LogP contribution in [-0.4, -0.2) is 14.8 Å². The Morgan fingerprint density at radius 3 is 2.80 bits per heavy atom. The van der Waals surface area contributed by atoms with Gasteiger partial charge in [-0.1, -0.05) is 6.92 Å². The monoisotopic (exact) mass is 223 g/mol. The molecular formula is C11H17N3S. The van der Waals surface area contributed by atoms with Gasteiger partial charge < -0.3 is 4.57 Å². The maximum Gasteiger partial charge on any atom is 0.195 e. The molecule has 4 heteroatoms. The minimum Gasteiger partial charge on any atom is -0.304 e. The molecule has 0 amide bonds. The molecule has 0 bridgehead atoms. The average Bonchev–Trinajstić information content (AvgIpc) is 3.10. The van der Waals surface area contributed by atoms with Gasteiger partial charge in [0.15, 0.2) is 4.77 Å². The fourth-order valence-electron chi connectivity index (χ4n) is 2.65. The van der Waals surface area contributed by atoms with Crippen LogP contribution in [-0.2, 0) is 13.0 Å². The summed E-state index contributed by atoms with van der Waals surface area (Å²) in [6.07, 6.45) is 6.63. The molecule has 0 radical (unpaired) electrons. The first-order valence-electron chi connectivity index (χ1n) is 5.89. The second-order valence-electron chi connectivity index (χ2n) is 5.02. The van der Waals surface area contributed by atoms with E-state index in [0.717, 1.165) is 29.5 Å². The van der Waals surface area contributed by atoms with Crippen LogP contribution in [0.1, 0.15) is 38.4 Å². The van der Waals surface area contributed by atoms with Crippen molar-refractivity contribution in [2.24, 2.45) is 11.3 Å². The van der Waals surface area contributed by atoms with Crippen molar-refractivity contribution >= 4 is 12.2 Å². The summed E-state index contributed by atoms with van der Waals surface area (Å²) in [5, 5.41) is 7.19. The maximum absolute atomic E-state index is 5.29. The predicted molar refractivity (Wildman–Crippen MR) is 61.2 cm³/mol. The van der Waals surface area contributed by atoms with Gasteiger partial charge in [-0.2, -0.15) is 5.10 Å². The van der Waals surface area contributed by atoms with Crippen LogP contribution in [0.3, 0.4) is 0 Å². The molecule has 0 aliphatic heterocycles. The highest BCUT2D eigenvalue weighted by atomic mass is 32.1. The molecule has 1 N–H and O–H groups in total. The summed E-state index contributed by atoms with van der Waals surface area (Å²) in [5.74, 6) is 2.10. The normalized spacial score (nSPS) is 23.0. The molecule has 1 aromatic rings. The zero-order valence-corrected chi connectivity index (χ0v) is 9.94. The van der Waals surface area contributed by atoms with Gasteiger partial charge in [0.05, 0.1) is 0 Å². The van der Waals surface area contributed by atoms with Crippen molar-refractivity contribution in [1.82, 2.24) is 14.8 Å². The SMILES string of the molecule is CCc1n[nH]c(=S)n1CC1(C2CC2)CC1. The minimum absolute atomic E-state index is 0.603. The van der Waals surface area contributed by atoms with Gasteiger partial charge in [0.1, 0.15) is 5.82 Å². The fraction of sp³-hybridized carbons (Fsp3) is 0.818. The highest BCUT2D eigenvalue weighted by Gasteiger charge is 2.53. The van der Waals surface area contributed by atoms with E-state index in [1.54, 1.807) is 0 Å². The molecule has 15 heavy (non-hydrogen) atoms. The van der Waals surface area contributed by atoms with Crippen molar-refractivity contribution in [3.8, 4) is 0 Å². The molecule has 0 aromatic carbocycles. The highest BCUT2D eigenvalue weighted by molar-refractivity contribution is 7.71. The molecule has 2 fully saturated rings. The van der Waals surface area contributed by atoms with E-state index >= 15 is 0 Å². The van der Waals surface area contributed by atoms with Gasteiger partial charge in [0.2, 0.25) is 0 Å². The number of aromatic nitrogens is 3. The number of nitrogens with one attached hydrogen (secondary N) is 1. The van der Waals surface area contributed by atoms with Crippen LogP contribution >= 0.6 is 12.2 Å². The standard InChI is InChI=1S/C11H17N3S/c1-2-9-12-13-10(15)14(9)7-11(5-6-11)8-3-4-8/h8H,2-7H2,1H3,(H,13,15).